The maximum Gasteiger partial charge on any atom is 0.323 e. The number of carbonyl (C=O) groups is 2. The van der Waals surface area contributed by atoms with Crippen molar-refractivity contribution in [2.75, 3.05) is 36.3 Å². The zero-order valence-corrected chi connectivity index (χ0v) is 27.3. The third-order valence-corrected chi connectivity index (χ3v) is 8.37. The number of benzene rings is 2. The second-order valence-electron chi connectivity index (χ2n) is 9.93. The number of piperidine rings is 1. The van der Waals surface area contributed by atoms with Gasteiger partial charge in [0.25, 0.3) is 5.91 Å². The van der Waals surface area contributed by atoms with Crippen molar-refractivity contribution in [1.29, 1.82) is 10.8 Å². The summed E-state index contributed by atoms with van der Waals surface area (Å²) in [6.45, 7) is 6.14. The SMILES string of the molecule is CCOC(=O)CS(=O)(=O)N(C/C=C/c1cccc(C(=N)N)c1)c1cc(C)c(OC2CCN(C(C)=N)CC2)c(C(N)=O)c1.Cl.Cl. The number of halogens is 2. The zero-order valence-electron chi connectivity index (χ0n) is 24.9. The van der Waals surface area contributed by atoms with Gasteiger partial charge in [0.15, 0.2) is 5.75 Å². The first-order valence-corrected chi connectivity index (χ1v) is 15.1. The first kappa shape index (κ1) is 38.2. The number of aryl methyl sites for hydroxylation is 1. The van der Waals surface area contributed by atoms with Gasteiger partial charge in [-0.15, -0.1) is 24.8 Å². The van der Waals surface area contributed by atoms with E-state index in [0.29, 0.717) is 48.5 Å². The van der Waals surface area contributed by atoms with Crippen molar-refractivity contribution in [2.24, 2.45) is 11.5 Å². The van der Waals surface area contributed by atoms with Crippen LogP contribution < -0.4 is 20.5 Å². The minimum Gasteiger partial charge on any atom is -0.489 e. The van der Waals surface area contributed by atoms with Crippen LogP contribution in [0, 0.1) is 17.7 Å². The molecule has 12 nitrogen and oxygen atoms in total. The van der Waals surface area contributed by atoms with Crippen molar-refractivity contribution in [3.63, 3.8) is 0 Å². The van der Waals surface area contributed by atoms with Gasteiger partial charge in [0.05, 0.1) is 30.2 Å². The molecule has 0 unspecified atom stereocenters. The van der Waals surface area contributed by atoms with Gasteiger partial charge in [-0.2, -0.15) is 0 Å². The Morgan fingerprint density at radius 3 is 2.34 bits per heavy atom. The number of hydrogen-bond donors (Lipinski definition) is 4. The van der Waals surface area contributed by atoms with Crippen molar-refractivity contribution in [3.8, 4) is 5.75 Å². The molecular formula is C29H40Cl2N6O6S. The van der Waals surface area contributed by atoms with Gasteiger partial charge >= 0.3 is 5.97 Å². The first-order valence-electron chi connectivity index (χ1n) is 13.5. The van der Waals surface area contributed by atoms with Gasteiger partial charge < -0.3 is 25.8 Å². The summed E-state index contributed by atoms with van der Waals surface area (Å²) < 4.78 is 39.0. The number of hydrogen-bond acceptors (Lipinski definition) is 8. The van der Waals surface area contributed by atoms with E-state index >= 15 is 0 Å². The molecule has 0 aliphatic carbocycles. The predicted octanol–water partition coefficient (Wildman–Crippen LogP) is 3.47. The van der Waals surface area contributed by atoms with Gasteiger partial charge in [-0.05, 0) is 50.1 Å². The summed E-state index contributed by atoms with van der Waals surface area (Å²) in [6, 6.07) is 9.80. The molecule has 1 saturated heterocycles. The zero-order chi connectivity index (χ0) is 31.0. The molecular weight excluding hydrogens is 631 g/mol. The number of anilines is 1. The number of amidine groups is 2. The highest BCUT2D eigenvalue weighted by Gasteiger charge is 2.29. The maximum absolute atomic E-state index is 13.5. The van der Waals surface area contributed by atoms with Crippen LogP contribution in [0.3, 0.4) is 0 Å². The van der Waals surface area contributed by atoms with Crippen LogP contribution in [0.4, 0.5) is 5.69 Å². The van der Waals surface area contributed by atoms with E-state index in [1.807, 2.05) is 4.90 Å². The highest BCUT2D eigenvalue weighted by molar-refractivity contribution is 7.93. The van der Waals surface area contributed by atoms with Gasteiger partial charge in [0.1, 0.15) is 17.7 Å². The lowest BCUT2D eigenvalue weighted by atomic mass is 10.0. The molecule has 1 fully saturated rings. The van der Waals surface area contributed by atoms with E-state index in [2.05, 4.69) is 0 Å². The number of primary amides is 1. The van der Waals surface area contributed by atoms with Crippen LogP contribution in [-0.4, -0.2) is 75.0 Å². The summed E-state index contributed by atoms with van der Waals surface area (Å²) >= 11 is 0. The Kier molecular flexibility index (Phi) is 14.7. The van der Waals surface area contributed by atoms with Crippen LogP contribution in [0.1, 0.15) is 53.7 Å². The second kappa shape index (κ2) is 16.9. The lowest BCUT2D eigenvalue weighted by molar-refractivity contribution is -0.139. The Morgan fingerprint density at radius 2 is 1.77 bits per heavy atom. The monoisotopic (exact) mass is 670 g/mol. The third-order valence-electron chi connectivity index (χ3n) is 6.73. The summed E-state index contributed by atoms with van der Waals surface area (Å²) in [6.07, 6.45) is 4.34. The molecule has 2 aromatic carbocycles. The van der Waals surface area contributed by atoms with Gasteiger partial charge in [-0.25, -0.2) is 8.42 Å². The molecule has 1 heterocycles. The van der Waals surface area contributed by atoms with E-state index < -0.39 is 27.7 Å². The molecule has 1 aliphatic rings. The van der Waals surface area contributed by atoms with Crippen LogP contribution in [0.15, 0.2) is 42.5 Å². The number of nitrogen functional groups attached to an aromatic ring is 1. The number of amides is 1. The molecule has 0 radical (unpaired) electrons. The Hall–Kier alpha value is -3.81. The van der Waals surface area contributed by atoms with Crippen molar-refractivity contribution in [3.05, 3.63) is 64.7 Å². The Morgan fingerprint density at radius 1 is 1.11 bits per heavy atom. The van der Waals surface area contributed by atoms with E-state index in [1.165, 1.54) is 6.07 Å². The van der Waals surface area contributed by atoms with E-state index in [9.17, 15) is 18.0 Å². The maximum atomic E-state index is 13.5. The van der Waals surface area contributed by atoms with Crippen molar-refractivity contribution >= 4 is 70.1 Å². The van der Waals surface area contributed by atoms with Gasteiger partial charge in [0, 0.05) is 31.5 Å². The molecule has 44 heavy (non-hydrogen) atoms. The van der Waals surface area contributed by atoms with E-state index in [0.717, 1.165) is 4.31 Å². The quantitative estimate of drug-likeness (QED) is 0.150. The molecule has 0 bridgehead atoms. The van der Waals surface area contributed by atoms with Gasteiger partial charge in [-0.3, -0.25) is 24.7 Å². The van der Waals surface area contributed by atoms with Crippen LogP contribution in [0.5, 0.6) is 5.75 Å². The smallest absolute Gasteiger partial charge is 0.323 e. The number of nitrogens with two attached hydrogens (primary N) is 2. The van der Waals surface area contributed by atoms with Crippen LogP contribution in [-0.2, 0) is 19.6 Å². The van der Waals surface area contributed by atoms with Crippen LogP contribution >= 0.6 is 24.8 Å². The fourth-order valence-corrected chi connectivity index (χ4v) is 5.89. The van der Waals surface area contributed by atoms with Gasteiger partial charge in [0.2, 0.25) is 10.0 Å². The largest absolute Gasteiger partial charge is 0.489 e. The standard InChI is InChI=1S/C29H38N6O6S.2ClH/c1-4-40-26(36)18-42(38,39)35(12-6-8-21-7-5-9-22(16-21)28(31)32)23-15-19(2)27(25(17-23)29(33)37)41-24-10-13-34(14-11-24)20(3)30;;/h5-9,15-17,24,30H,4,10-14,18H2,1-3H3,(H3,31,32)(H2,33,37);2*1H/b8-6+,30-20?;;. The highest BCUT2D eigenvalue weighted by Crippen LogP contribution is 2.33. The van der Waals surface area contributed by atoms with Gasteiger partial charge in [-0.1, -0.05) is 30.4 Å². The molecule has 1 amide bonds. The number of ether oxygens (including phenoxy) is 2. The third kappa shape index (κ3) is 10.1. The summed E-state index contributed by atoms with van der Waals surface area (Å²) in [5.74, 6) is -1.94. The van der Waals surface area contributed by atoms with Crippen LogP contribution in [0.2, 0.25) is 0 Å². The molecule has 0 atom stereocenters. The molecule has 1 aliphatic heterocycles. The molecule has 6 N–H and O–H groups in total. The van der Waals surface area contributed by atoms with Crippen molar-refractivity contribution in [2.45, 2.75) is 39.7 Å². The Bertz CT molecular complexity index is 1490. The Labute approximate surface area is 270 Å². The van der Waals surface area contributed by atoms with E-state index in [1.54, 1.807) is 63.3 Å². The topological polar surface area (TPSA) is 193 Å². The number of nitrogens with one attached hydrogen (secondary N) is 2. The minimum atomic E-state index is -4.25. The summed E-state index contributed by atoms with van der Waals surface area (Å²) in [5, 5.41) is 15.5. The number of carbonyl (C=O) groups excluding carboxylic acids is 2. The number of nitrogens with zero attached hydrogens (tertiary/aromatic N) is 2. The number of sulfonamides is 1. The molecule has 242 valence electrons. The molecule has 0 saturated carbocycles. The fraction of sp³-hybridized carbons (Fsp3) is 0.379. The lowest BCUT2D eigenvalue weighted by Crippen LogP contribution is -2.40. The first-order chi connectivity index (χ1) is 19.8. The molecule has 0 spiro atoms. The average molecular weight is 672 g/mol. The molecule has 2 aromatic rings. The second-order valence-corrected chi connectivity index (χ2v) is 11.8. The molecule has 3 rings (SSSR count). The Balaban J connectivity index is 0.00000484. The lowest BCUT2D eigenvalue weighted by Gasteiger charge is -2.33. The fourth-order valence-electron chi connectivity index (χ4n) is 4.62. The summed E-state index contributed by atoms with van der Waals surface area (Å²) in [7, 11) is -4.25. The minimum absolute atomic E-state index is 0. The van der Waals surface area contributed by atoms with E-state index in [-0.39, 0.29) is 66.9 Å². The molecule has 15 heteroatoms. The normalized spacial score (nSPS) is 13.4. The molecule has 0 aromatic heterocycles. The summed E-state index contributed by atoms with van der Waals surface area (Å²) in [4.78, 5) is 26.7. The van der Waals surface area contributed by atoms with Crippen molar-refractivity contribution in [1.82, 2.24) is 4.90 Å². The number of esters is 1. The van der Waals surface area contributed by atoms with Crippen molar-refractivity contribution < 1.29 is 27.5 Å². The van der Waals surface area contributed by atoms with E-state index in [4.69, 9.17) is 31.8 Å². The average Bonchev–Trinajstić information content (AvgIpc) is 2.92. The number of rotatable bonds is 12. The van der Waals surface area contributed by atoms with Crippen LogP contribution in [0.25, 0.3) is 6.08 Å². The summed E-state index contributed by atoms with van der Waals surface area (Å²) in [5.41, 5.74) is 13.2. The highest BCUT2D eigenvalue weighted by atomic mass is 35.5. The number of likely N-dealkylation sites (tertiary alicyclic amines) is 1. The predicted molar refractivity (Wildman–Crippen MR) is 177 cm³/mol.